The summed E-state index contributed by atoms with van der Waals surface area (Å²) in [5.41, 5.74) is 2.34. The van der Waals surface area contributed by atoms with Gasteiger partial charge in [0, 0.05) is 25.8 Å². The van der Waals surface area contributed by atoms with E-state index in [1.165, 1.54) is 5.56 Å². The summed E-state index contributed by atoms with van der Waals surface area (Å²) in [5, 5.41) is 3.33. The standard InChI is InChI=1S/C13H23N3O/c1-12-5-4-6-15-13(12)11-14-7-9-17-10-8-16(2)3/h4-6,14H,7-11H2,1-3H3. The van der Waals surface area contributed by atoms with Crippen molar-refractivity contribution in [2.75, 3.05) is 40.4 Å². The molecule has 17 heavy (non-hydrogen) atoms. The number of aryl methyl sites for hydroxylation is 1. The second kappa shape index (κ2) is 8.17. The van der Waals surface area contributed by atoms with Crippen LogP contribution in [0.1, 0.15) is 11.3 Å². The molecule has 0 amide bonds. The minimum absolute atomic E-state index is 0.750. The molecule has 0 bridgehead atoms. The fourth-order valence-electron chi connectivity index (χ4n) is 1.40. The van der Waals surface area contributed by atoms with Crippen molar-refractivity contribution in [2.24, 2.45) is 0 Å². The number of nitrogens with zero attached hydrogens (tertiary/aromatic N) is 2. The van der Waals surface area contributed by atoms with Gasteiger partial charge in [0.15, 0.2) is 0 Å². The van der Waals surface area contributed by atoms with Gasteiger partial charge in [0.05, 0.1) is 18.9 Å². The van der Waals surface area contributed by atoms with Crippen molar-refractivity contribution in [3.63, 3.8) is 0 Å². The van der Waals surface area contributed by atoms with Crippen molar-refractivity contribution in [1.82, 2.24) is 15.2 Å². The van der Waals surface area contributed by atoms with E-state index < -0.39 is 0 Å². The largest absolute Gasteiger partial charge is 0.379 e. The summed E-state index contributed by atoms with van der Waals surface area (Å²) in [6.45, 7) is 6.26. The molecule has 1 rings (SSSR count). The highest BCUT2D eigenvalue weighted by atomic mass is 16.5. The van der Waals surface area contributed by atoms with Crippen LogP contribution in [0.25, 0.3) is 0 Å². The maximum atomic E-state index is 5.49. The number of ether oxygens (including phenoxy) is 1. The molecule has 0 fully saturated rings. The third kappa shape index (κ3) is 6.36. The molecule has 0 spiro atoms. The lowest BCUT2D eigenvalue weighted by Crippen LogP contribution is -2.23. The van der Waals surface area contributed by atoms with Gasteiger partial charge >= 0.3 is 0 Å². The Kier molecular flexibility index (Phi) is 6.77. The van der Waals surface area contributed by atoms with Crippen molar-refractivity contribution < 1.29 is 4.74 Å². The summed E-state index contributed by atoms with van der Waals surface area (Å²) >= 11 is 0. The minimum atomic E-state index is 0.750. The van der Waals surface area contributed by atoms with Gasteiger partial charge in [-0.3, -0.25) is 4.98 Å². The van der Waals surface area contributed by atoms with Crippen molar-refractivity contribution in [1.29, 1.82) is 0 Å². The zero-order valence-corrected chi connectivity index (χ0v) is 11.1. The highest BCUT2D eigenvalue weighted by molar-refractivity contribution is 5.17. The Bertz CT molecular complexity index is 315. The van der Waals surface area contributed by atoms with E-state index in [2.05, 4.69) is 28.2 Å². The molecule has 1 heterocycles. The molecule has 0 aliphatic rings. The van der Waals surface area contributed by atoms with Gasteiger partial charge in [0.1, 0.15) is 0 Å². The topological polar surface area (TPSA) is 37.4 Å². The van der Waals surface area contributed by atoms with E-state index in [1.807, 2.05) is 26.4 Å². The number of likely N-dealkylation sites (N-methyl/N-ethyl adjacent to an activating group) is 1. The molecule has 4 heteroatoms. The minimum Gasteiger partial charge on any atom is -0.379 e. The van der Waals surface area contributed by atoms with E-state index >= 15 is 0 Å². The highest BCUT2D eigenvalue weighted by Crippen LogP contribution is 2.01. The first-order valence-electron chi connectivity index (χ1n) is 6.04. The monoisotopic (exact) mass is 237 g/mol. The average Bonchev–Trinajstić information content (AvgIpc) is 2.30. The van der Waals surface area contributed by atoms with Crippen LogP contribution in [0.15, 0.2) is 18.3 Å². The van der Waals surface area contributed by atoms with Gasteiger partial charge in [-0.25, -0.2) is 0 Å². The summed E-state index contributed by atoms with van der Waals surface area (Å²) in [6, 6.07) is 4.04. The molecule has 0 aromatic carbocycles. The summed E-state index contributed by atoms with van der Waals surface area (Å²) in [4.78, 5) is 6.44. The van der Waals surface area contributed by atoms with Crippen molar-refractivity contribution in [2.45, 2.75) is 13.5 Å². The van der Waals surface area contributed by atoms with E-state index in [4.69, 9.17) is 4.74 Å². The summed E-state index contributed by atoms with van der Waals surface area (Å²) in [5.74, 6) is 0. The highest BCUT2D eigenvalue weighted by Gasteiger charge is 1.97. The number of hydrogen-bond donors (Lipinski definition) is 1. The fourth-order valence-corrected chi connectivity index (χ4v) is 1.40. The second-order valence-corrected chi connectivity index (χ2v) is 4.36. The molecular formula is C13H23N3O. The van der Waals surface area contributed by atoms with Crippen LogP contribution in [-0.4, -0.2) is 50.3 Å². The Hall–Kier alpha value is -0.970. The van der Waals surface area contributed by atoms with Crippen LogP contribution in [0.4, 0.5) is 0 Å². The zero-order valence-electron chi connectivity index (χ0n) is 11.1. The molecule has 1 aromatic heterocycles. The van der Waals surface area contributed by atoms with E-state index in [9.17, 15) is 0 Å². The first kappa shape index (κ1) is 14.1. The molecule has 0 aliphatic carbocycles. The van der Waals surface area contributed by atoms with Gasteiger partial charge in [0.25, 0.3) is 0 Å². The molecule has 0 saturated heterocycles. The lowest BCUT2D eigenvalue weighted by molar-refractivity contribution is 0.119. The van der Waals surface area contributed by atoms with Crippen LogP contribution in [0.3, 0.4) is 0 Å². The first-order chi connectivity index (χ1) is 8.20. The van der Waals surface area contributed by atoms with E-state index in [1.54, 1.807) is 0 Å². The smallest absolute Gasteiger partial charge is 0.0593 e. The van der Waals surface area contributed by atoms with Crippen molar-refractivity contribution >= 4 is 0 Å². The quantitative estimate of drug-likeness (QED) is 0.686. The normalized spacial score (nSPS) is 11.1. The Morgan fingerprint density at radius 2 is 2.18 bits per heavy atom. The number of rotatable bonds is 8. The van der Waals surface area contributed by atoms with Crippen LogP contribution < -0.4 is 5.32 Å². The van der Waals surface area contributed by atoms with Crippen LogP contribution in [-0.2, 0) is 11.3 Å². The zero-order chi connectivity index (χ0) is 12.5. The van der Waals surface area contributed by atoms with Gasteiger partial charge in [-0.05, 0) is 32.6 Å². The van der Waals surface area contributed by atoms with Crippen LogP contribution >= 0.6 is 0 Å². The fraction of sp³-hybridized carbons (Fsp3) is 0.615. The number of aromatic nitrogens is 1. The van der Waals surface area contributed by atoms with Gasteiger partial charge in [-0.15, -0.1) is 0 Å². The molecule has 0 atom stereocenters. The lowest BCUT2D eigenvalue weighted by Gasteiger charge is -2.10. The number of pyridine rings is 1. The van der Waals surface area contributed by atoms with E-state index in [-0.39, 0.29) is 0 Å². The molecule has 0 saturated carbocycles. The first-order valence-corrected chi connectivity index (χ1v) is 6.04. The van der Waals surface area contributed by atoms with E-state index in [0.717, 1.165) is 38.5 Å². The Morgan fingerprint density at radius 1 is 1.35 bits per heavy atom. The van der Waals surface area contributed by atoms with Gasteiger partial charge < -0.3 is 15.0 Å². The molecule has 0 radical (unpaired) electrons. The summed E-state index contributed by atoms with van der Waals surface area (Å²) in [6.07, 6.45) is 1.83. The summed E-state index contributed by atoms with van der Waals surface area (Å²) < 4.78 is 5.49. The predicted molar refractivity (Wildman–Crippen MR) is 70.1 cm³/mol. The Morgan fingerprint density at radius 3 is 2.88 bits per heavy atom. The van der Waals surface area contributed by atoms with Gasteiger partial charge in [-0.2, -0.15) is 0 Å². The third-order valence-electron chi connectivity index (χ3n) is 2.52. The van der Waals surface area contributed by atoms with Gasteiger partial charge in [-0.1, -0.05) is 6.07 Å². The third-order valence-corrected chi connectivity index (χ3v) is 2.52. The van der Waals surface area contributed by atoms with Crippen LogP contribution in [0.2, 0.25) is 0 Å². The molecule has 0 unspecified atom stereocenters. The molecule has 96 valence electrons. The van der Waals surface area contributed by atoms with Crippen LogP contribution in [0, 0.1) is 6.92 Å². The van der Waals surface area contributed by atoms with Crippen molar-refractivity contribution in [3.05, 3.63) is 29.6 Å². The second-order valence-electron chi connectivity index (χ2n) is 4.36. The van der Waals surface area contributed by atoms with E-state index in [0.29, 0.717) is 0 Å². The number of hydrogen-bond acceptors (Lipinski definition) is 4. The Balaban J connectivity index is 2.03. The maximum Gasteiger partial charge on any atom is 0.0593 e. The number of nitrogens with one attached hydrogen (secondary N) is 1. The summed E-state index contributed by atoms with van der Waals surface area (Å²) in [7, 11) is 4.09. The molecule has 0 aliphatic heterocycles. The Labute approximate surface area is 104 Å². The van der Waals surface area contributed by atoms with Crippen molar-refractivity contribution in [3.8, 4) is 0 Å². The molecule has 4 nitrogen and oxygen atoms in total. The maximum absolute atomic E-state index is 5.49. The van der Waals surface area contributed by atoms with Gasteiger partial charge in [0.2, 0.25) is 0 Å². The lowest BCUT2D eigenvalue weighted by atomic mass is 10.2. The SMILES string of the molecule is Cc1cccnc1CNCCOCCN(C)C. The predicted octanol–water partition coefficient (Wildman–Crippen LogP) is 1.06. The molecule has 1 aromatic rings. The average molecular weight is 237 g/mol. The molecular weight excluding hydrogens is 214 g/mol. The molecule has 1 N–H and O–H groups in total. The van der Waals surface area contributed by atoms with Crippen LogP contribution in [0.5, 0.6) is 0 Å².